The van der Waals surface area contributed by atoms with E-state index in [-0.39, 0.29) is 12.5 Å². The third-order valence-corrected chi connectivity index (χ3v) is 4.73. The summed E-state index contributed by atoms with van der Waals surface area (Å²) in [5.74, 6) is 1.03. The van der Waals surface area contributed by atoms with Crippen LogP contribution in [0.15, 0.2) is 72.9 Å². The Morgan fingerprint density at radius 3 is 2.60 bits per heavy atom. The molecular formula is C24H23N3O3. The van der Waals surface area contributed by atoms with Gasteiger partial charge in [-0.1, -0.05) is 48.5 Å². The highest BCUT2D eigenvalue weighted by molar-refractivity contribution is 5.96. The molecule has 0 saturated heterocycles. The van der Waals surface area contributed by atoms with Gasteiger partial charge in [0.2, 0.25) is 0 Å². The minimum atomic E-state index is -0.245. The summed E-state index contributed by atoms with van der Waals surface area (Å²) in [4.78, 5) is 17.4. The van der Waals surface area contributed by atoms with Crippen LogP contribution >= 0.6 is 0 Å². The Hall–Kier alpha value is -3.64. The summed E-state index contributed by atoms with van der Waals surface area (Å²) in [7, 11) is 1.62. The molecule has 0 aliphatic rings. The molecule has 4 aromatic rings. The van der Waals surface area contributed by atoms with Gasteiger partial charge in [-0.2, -0.15) is 0 Å². The second kappa shape index (κ2) is 8.80. The number of carbonyl (C=O) groups excluding carboxylic acids is 1. The molecular weight excluding hydrogens is 378 g/mol. The number of carbonyl (C=O) groups is 1. The Morgan fingerprint density at radius 1 is 1.03 bits per heavy atom. The number of aryl methyl sites for hydroxylation is 1. The number of anilines is 1. The lowest BCUT2D eigenvalue weighted by Gasteiger charge is -2.11. The average Bonchev–Trinajstić information content (AvgIpc) is 3.11. The first-order valence-corrected chi connectivity index (χ1v) is 9.69. The van der Waals surface area contributed by atoms with Gasteiger partial charge in [0.25, 0.3) is 5.91 Å². The average molecular weight is 401 g/mol. The van der Waals surface area contributed by atoms with Gasteiger partial charge in [0.1, 0.15) is 29.5 Å². The van der Waals surface area contributed by atoms with Crippen molar-refractivity contribution < 1.29 is 14.3 Å². The predicted octanol–water partition coefficient (Wildman–Crippen LogP) is 4.47. The summed E-state index contributed by atoms with van der Waals surface area (Å²) >= 11 is 0. The van der Waals surface area contributed by atoms with Gasteiger partial charge >= 0.3 is 0 Å². The minimum Gasteiger partial charge on any atom is -0.496 e. The quantitative estimate of drug-likeness (QED) is 0.496. The third-order valence-electron chi connectivity index (χ3n) is 4.73. The molecule has 6 heteroatoms. The van der Waals surface area contributed by atoms with Crippen LogP contribution in [0.3, 0.4) is 0 Å². The van der Waals surface area contributed by atoms with Gasteiger partial charge < -0.3 is 14.8 Å². The molecule has 0 radical (unpaired) electrons. The second-order valence-corrected chi connectivity index (χ2v) is 6.97. The molecule has 30 heavy (non-hydrogen) atoms. The summed E-state index contributed by atoms with van der Waals surface area (Å²) in [5.41, 5.74) is 4.27. The molecule has 0 saturated carbocycles. The number of rotatable bonds is 7. The Morgan fingerprint density at radius 2 is 1.80 bits per heavy atom. The van der Waals surface area contributed by atoms with E-state index in [2.05, 4.69) is 5.32 Å². The molecule has 0 fully saturated rings. The van der Waals surface area contributed by atoms with Crippen molar-refractivity contribution in [2.45, 2.75) is 13.5 Å². The number of para-hydroxylation sites is 1. The maximum atomic E-state index is 12.7. The lowest BCUT2D eigenvalue weighted by atomic mass is 10.1. The maximum Gasteiger partial charge on any atom is 0.251 e. The smallest absolute Gasteiger partial charge is 0.251 e. The number of ether oxygens (including phenoxy) is 2. The first-order chi connectivity index (χ1) is 14.7. The van der Waals surface area contributed by atoms with E-state index < -0.39 is 0 Å². The third kappa shape index (κ3) is 4.18. The Bertz CT molecular complexity index is 1170. The lowest BCUT2D eigenvalue weighted by molar-refractivity contribution is -0.121. The fourth-order valence-electron chi connectivity index (χ4n) is 3.30. The van der Waals surface area contributed by atoms with E-state index in [4.69, 9.17) is 14.5 Å². The van der Waals surface area contributed by atoms with Crippen LogP contribution in [-0.2, 0) is 16.1 Å². The fraction of sp³-hybridized carbons (Fsp3) is 0.167. The van der Waals surface area contributed by atoms with Crippen molar-refractivity contribution in [2.24, 2.45) is 0 Å². The standard InChI is InChI=1S/C24H23N3O3/c1-17-12-13-21-25-23(19-10-6-7-11-20(19)29-2)24(27(21)14-17)26-22(28)16-30-15-18-8-4-3-5-9-18/h3-14H,15-16H2,1-2H3,(H,26,28). The number of fused-ring (bicyclic) bond motifs is 1. The highest BCUT2D eigenvalue weighted by Crippen LogP contribution is 2.35. The van der Waals surface area contributed by atoms with Gasteiger partial charge in [-0.15, -0.1) is 0 Å². The summed E-state index contributed by atoms with van der Waals surface area (Å²) in [6, 6.07) is 21.3. The van der Waals surface area contributed by atoms with Crippen LogP contribution in [-0.4, -0.2) is 29.0 Å². The highest BCUT2D eigenvalue weighted by Gasteiger charge is 2.19. The van der Waals surface area contributed by atoms with Crippen LogP contribution in [0.2, 0.25) is 0 Å². The number of imidazole rings is 1. The molecule has 0 spiro atoms. The number of methoxy groups -OCH3 is 1. The van der Waals surface area contributed by atoms with E-state index in [1.54, 1.807) is 7.11 Å². The molecule has 1 N–H and O–H groups in total. The van der Waals surface area contributed by atoms with Crippen molar-refractivity contribution >= 4 is 17.4 Å². The van der Waals surface area contributed by atoms with Crippen LogP contribution in [0.4, 0.5) is 5.82 Å². The highest BCUT2D eigenvalue weighted by atomic mass is 16.5. The number of hydrogen-bond donors (Lipinski definition) is 1. The number of nitrogens with zero attached hydrogens (tertiary/aromatic N) is 2. The summed E-state index contributed by atoms with van der Waals surface area (Å²) in [6.45, 7) is 2.32. The van der Waals surface area contributed by atoms with Crippen LogP contribution in [0, 0.1) is 6.92 Å². The topological polar surface area (TPSA) is 64.9 Å². The molecule has 0 unspecified atom stereocenters. The van der Waals surface area contributed by atoms with E-state index in [0.29, 0.717) is 23.9 Å². The largest absolute Gasteiger partial charge is 0.496 e. The molecule has 2 aromatic carbocycles. The molecule has 0 atom stereocenters. The molecule has 0 bridgehead atoms. The minimum absolute atomic E-state index is 0.0562. The molecule has 6 nitrogen and oxygen atoms in total. The maximum absolute atomic E-state index is 12.7. The van der Waals surface area contributed by atoms with E-state index in [0.717, 1.165) is 22.3 Å². The van der Waals surface area contributed by atoms with E-state index in [1.165, 1.54) is 0 Å². The van der Waals surface area contributed by atoms with Crippen molar-refractivity contribution in [2.75, 3.05) is 19.0 Å². The van der Waals surface area contributed by atoms with Gasteiger partial charge in [0.05, 0.1) is 13.7 Å². The Labute approximate surface area is 175 Å². The zero-order chi connectivity index (χ0) is 20.9. The van der Waals surface area contributed by atoms with Crippen LogP contribution < -0.4 is 10.1 Å². The molecule has 152 valence electrons. The number of nitrogens with one attached hydrogen (secondary N) is 1. The summed E-state index contributed by atoms with van der Waals surface area (Å²) < 4.78 is 13.0. The monoisotopic (exact) mass is 401 g/mol. The van der Waals surface area contributed by atoms with Crippen molar-refractivity contribution in [3.8, 4) is 17.0 Å². The van der Waals surface area contributed by atoms with Gasteiger partial charge in [0, 0.05) is 11.8 Å². The molecule has 1 amide bonds. The zero-order valence-electron chi connectivity index (χ0n) is 17.0. The van der Waals surface area contributed by atoms with E-state index in [9.17, 15) is 4.79 Å². The number of benzene rings is 2. The number of hydrogen-bond acceptors (Lipinski definition) is 4. The van der Waals surface area contributed by atoms with Crippen molar-refractivity contribution in [3.05, 3.63) is 84.1 Å². The molecule has 0 aliphatic heterocycles. The number of pyridine rings is 1. The van der Waals surface area contributed by atoms with E-state index in [1.807, 2.05) is 84.3 Å². The molecule has 2 aromatic heterocycles. The summed E-state index contributed by atoms with van der Waals surface area (Å²) in [5, 5.41) is 2.98. The predicted molar refractivity (Wildman–Crippen MR) is 117 cm³/mol. The second-order valence-electron chi connectivity index (χ2n) is 6.97. The van der Waals surface area contributed by atoms with Crippen molar-refractivity contribution in [1.82, 2.24) is 9.38 Å². The molecule has 2 heterocycles. The number of amides is 1. The zero-order valence-corrected chi connectivity index (χ0v) is 17.0. The SMILES string of the molecule is COc1ccccc1-c1nc2ccc(C)cn2c1NC(=O)COCc1ccccc1. The Balaban J connectivity index is 1.61. The van der Waals surface area contributed by atoms with Crippen molar-refractivity contribution in [1.29, 1.82) is 0 Å². The molecule has 4 rings (SSSR count). The van der Waals surface area contributed by atoms with Gasteiger partial charge in [-0.25, -0.2) is 4.98 Å². The number of aromatic nitrogens is 2. The lowest BCUT2D eigenvalue weighted by Crippen LogP contribution is -2.19. The van der Waals surface area contributed by atoms with Crippen LogP contribution in [0.5, 0.6) is 5.75 Å². The fourth-order valence-corrected chi connectivity index (χ4v) is 3.30. The van der Waals surface area contributed by atoms with Crippen molar-refractivity contribution in [3.63, 3.8) is 0 Å². The van der Waals surface area contributed by atoms with E-state index >= 15 is 0 Å². The summed E-state index contributed by atoms with van der Waals surface area (Å²) in [6.07, 6.45) is 1.95. The van der Waals surface area contributed by atoms with Gasteiger partial charge in [-0.05, 0) is 36.2 Å². The van der Waals surface area contributed by atoms with Gasteiger partial charge in [-0.3, -0.25) is 9.20 Å². The first kappa shape index (κ1) is 19.7. The van der Waals surface area contributed by atoms with Gasteiger partial charge in [0.15, 0.2) is 0 Å². The molecule has 0 aliphatic carbocycles. The normalized spacial score (nSPS) is 10.9. The van der Waals surface area contributed by atoms with Crippen LogP contribution in [0.25, 0.3) is 16.9 Å². The Kier molecular flexibility index (Phi) is 5.77. The van der Waals surface area contributed by atoms with Crippen LogP contribution in [0.1, 0.15) is 11.1 Å². The first-order valence-electron chi connectivity index (χ1n) is 9.69.